The van der Waals surface area contributed by atoms with Crippen LogP contribution in [0.1, 0.15) is 45.9 Å². The van der Waals surface area contributed by atoms with Gasteiger partial charge in [0.05, 0.1) is 17.3 Å². The molecule has 0 radical (unpaired) electrons. The summed E-state index contributed by atoms with van der Waals surface area (Å²) in [4.78, 5) is 17.7. The number of halogens is 1. The predicted molar refractivity (Wildman–Crippen MR) is 131 cm³/mol. The van der Waals surface area contributed by atoms with Crippen LogP contribution in [0.15, 0.2) is 84.0 Å². The minimum absolute atomic E-state index is 0.258. The lowest BCUT2D eigenvalue weighted by Gasteiger charge is -2.10. The van der Waals surface area contributed by atoms with E-state index in [4.69, 9.17) is 21.3 Å². The molecule has 0 spiro atoms. The Morgan fingerprint density at radius 2 is 1.82 bits per heavy atom. The van der Waals surface area contributed by atoms with Crippen LogP contribution in [-0.2, 0) is 6.61 Å². The molecule has 1 aliphatic rings. The summed E-state index contributed by atoms with van der Waals surface area (Å²) in [7, 11) is 0. The van der Waals surface area contributed by atoms with Gasteiger partial charge in [-0.2, -0.15) is 5.10 Å². The lowest BCUT2D eigenvalue weighted by molar-refractivity contribution is 0.0956. The number of benzene rings is 3. The summed E-state index contributed by atoms with van der Waals surface area (Å²) in [6, 6.07) is 24.7. The smallest absolute Gasteiger partial charge is 0.272 e. The lowest BCUT2D eigenvalue weighted by Crippen LogP contribution is -2.18. The van der Waals surface area contributed by atoms with Crippen molar-refractivity contribution in [2.24, 2.45) is 5.10 Å². The number of amides is 1. The van der Waals surface area contributed by atoms with Gasteiger partial charge in [-0.25, -0.2) is 5.43 Å². The third-order valence-electron chi connectivity index (χ3n) is 5.57. The van der Waals surface area contributed by atoms with Crippen LogP contribution in [0.2, 0.25) is 5.02 Å². The van der Waals surface area contributed by atoms with Gasteiger partial charge in [-0.1, -0.05) is 54.1 Å². The summed E-state index contributed by atoms with van der Waals surface area (Å²) in [5.41, 5.74) is 6.84. The number of pyridine rings is 1. The van der Waals surface area contributed by atoms with Gasteiger partial charge >= 0.3 is 0 Å². The molecule has 164 valence electrons. The molecule has 4 aromatic rings. The molecule has 1 aromatic heterocycles. The summed E-state index contributed by atoms with van der Waals surface area (Å²) < 4.78 is 5.96. The van der Waals surface area contributed by atoms with E-state index in [0.717, 1.165) is 40.6 Å². The van der Waals surface area contributed by atoms with Gasteiger partial charge < -0.3 is 4.74 Å². The number of carbonyl (C=O) groups is 1. The van der Waals surface area contributed by atoms with Crippen molar-refractivity contribution in [1.29, 1.82) is 0 Å². The monoisotopic (exact) mass is 455 g/mol. The van der Waals surface area contributed by atoms with Gasteiger partial charge in [-0.15, -0.1) is 0 Å². The summed E-state index contributed by atoms with van der Waals surface area (Å²) in [5, 5.41) is 5.71. The largest absolute Gasteiger partial charge is 0.488 e. The zero-order chi connectivity index (χ0) is 22.6. The maximum atomic E-state index is 13.0. The number of rotatable bonds is 7. The fourth-order valence-corrected chi connectivity index (χ4v) is 3.78. The average Bonchev–Trinajstić information content (AvgIpc) is 3.69. The van der Waals surface area contributed by atoms with Gasteiger partial charge in [0, 0.05) is 27.6 Å². The van der Waals surface area contributed by atoms with Crippen LogP contribution < -0.4 is 10.2 Å². The molecule has 3 aromatic carbocycles. The molecule has 5 rings (SSSR count). The van der Waals surface area contributed by atoms with E-state index in [2.05, 4.69) is 10.5 Å². The third kappa shape index (κ3) is 5.04. The number of hydrogen-bond acceptors (Lipinski definition) is 4. The molecule has 0 unspecified atom stereocenters. The van der Waals surface area contributed by atoms with Crippen LogP contribution in [0.25, 0.3) is 10.9 Å². The second-order valence-electron chi connectivity index (χ2n) is 8.04. The number of hydrogen-bond donors (Lipinski definition) is 1. The minimum atomic E-state index is -0.258. The number of ether oxygens (including phenoxy) is 1. The van der Waals surface area contributed by atoms with E-state index in [1.807, 2.05) is 78.9 Å². The first kappa shape index (κ1) is 21.2. The van der Waals surface area contributed by atoms with Crippen molar-refractivity contribution < 1.29 is 9.53 Å². The molecule has 1 aliphatic carbocycles. The summed E-state index contributed by atoms with van der Waals surface area (Å²) in [5.74, 6) is 0.872. The molecular weight excluding hydrogens is 434 g/mol. The molecule has 1 saturated carbocycles. The predicted octanol–water partition coefficient (Wildman–Crippen LogP) is 6.11. The Morgan fingerprint density at radius 1 is 1.06 bits per heavy atom. The van der Waals surface area contributed by atoms with Gasteiger partial charge in [-0.05, 0) is 54.8 Å². The van der Waals surface area contributed by atoms with Crippen LogP contribution in [0.4, 0.5) is 0 Å². The van der Waals surface area contributed by atoms with Crippen LogP contribution >= 0.6 is 11.6 Å². The second-order valence-corrected chi connectivity index (χ2v) is 8.47. The molecule has 0 saturated heterocycles. The second kappa shape index (κ2) is 9.43. The highest BCUT2D eigenvalue weighted by Crippen LogP contribution is 2.40. The number of nitrogens with zero attached hydrogens (tertiary/aromatic N) is 2. The number of hydrazone groups is 1. The van der Waals surface area contributed by atoms with Crippen LogP contribution in [-0.4, -0.2) is 17.1 Å². The number of para-hydroxylation sites is 2. The van der Waals surface area contributed by atoms with Crippen molar-refractivity contribution in [3.05, 3.63) is 106 Å². The van der Waals surface area contributed by atoms with E-state index >= 15 is 0 Å². The molecule has 33 heavy (non-hydrogen) atoms. The minimum Gasteiger partial charge on any atom is -0.488 e. The SMILES string of the molecule is O=C(N/N=C/c1ccccc1OCc1ccc(Cl)cc1)c1cc(C2CC2)nc2ccccc12. The van der Waals surface area contributed by atoms with Crippen molar-refractivity contribution in [3.8, 4) is 5.75 Å². The van der Waals surface area contributed by atoms with Gasteiger partial charge in [0.1, 0.15) is 12.4 Å². The molecule has 1 amide bonds. The Bertz CT molecular complexity index is 1330. The van der Waals surface area contributed by atoms with Gasteiger partial charge in [0.25, 0.3) is 5.91 Å². The van der Waals surface area contributed by atoms with Crippen LogP contribution in [0, 0.1) is 0 Å². The van der Waals surface area contributed by atoms with Crippen molar-refractivity contribution in [3.63, 3.8) is 0 Å². The summed E-state index contributed by atoms with van der Waals surface area (Å²) in [6.45, 7) is 0.404. The van der Waals surface area contributed by atoms with E-state index in [1.54, 1.807) is 6.21 Å². The molecule has 1 N–H and O–H groups in total. The topological polar surface area (TPSA) is 63.6 Å². The summed E-state index contributed by atoms with van der Waals surface area (Å²) >= 11 is 5.94. The molecule has 1 fully saturated rings. The Labute approximate surface area is 197 Å². The van der Waals surface area contributed by atoms with Gasteiger partial charge in [0.2, 0.25) is 0 Å². The Morgan fingerprint density at radius 3 is 2.64 bits per heavy atom. The van der Waals surface area contributed by atoms with E-state index in [0.29, 0.717) is 28.9 Å². The fraction of sp³-hybridized carbons (Fsp3) is 0.148. The maximum absolute atomic E-state index is 13.0. The van der Waals surface area contributed by atoms with E-state index < -0.39 is 0 Å². The zero-order valence-electron chi connectivity index (χ0n) is 17.9. The molecule has 6 heteroatoms. The van der Waals surface area contributed by atoms with E-state index in [-0.39, 0.29) is 5.91 Å². The van der Waals surface area contributed by atoms with Crippen molar-refractivity contribution in [2.45, 2.75) is 25.4 Å². The highest BCUT2D eigenvalue weighted by atomic mass is 35.5. The zero-order valence-corrected chi connectivity index (χ0v) is 18.6. The highest BCUT2D eigenvalue weighted by molar-refractivity contribution is 6.30. The quantitative estimate of drug-likeness (QED) is 0.270. The lowest BCUT2D eigenvalue weighted by atomic mass is 10.1. The van der Waals surface area contributed by atoms with Gasteiger partial charge in [-0.3, -0.25) is 9.78 Å². The van der Waals surface area contributed by atoms with Crippen molar-refractivity contribution in [2.75, 3.05) is 0 Å². The Hall–Kier alpha value is -3.70. The van der Waals surface area contributed by atoms with Crippen LogP contribution in [0.3, 0.4) is 0 Å². The Balaban J connectivity index is 1.31. The summed E-state index contributed by atoms with van der Waals surface area (Å²) in [6.07, 6.45) is 3.84. The number of carbonyl (C=O) groups excluding carboxylic acids is 1. The normalized spacial score (nSPS) is 13.4. The average molecular weight is 456 g/mol. The molecule has 0 atom stereocenters. The van der Waals surface area contributed by atoms with E-state index in [9.17, 15) is 4.79 Å². The first-order valence-corrected chi connectivity index (χ1v) is 11.2. The molecule has 0 aliphatic heterocycles. The number of aromatic nitrogens is 1. The molecular formula is C27H22ClN3O2. The van der Waals surface area contributed by atoms with Crippen LogP contribution in [0.5, 0.6) is 5.75 Å². The third-order valence-corrected chi connectivity index (χ3v) is 5.82. The first-order chi connectivity index (χ1) is 16.2. The Kier molecular flexibility index (Phi) is 6.05. The fourth-order valence-electron chi connectivity index (χ4n) is 3.65. The molecule has 1 heterocycles. The molecule has 5 nitrogen and oxygen atoms in total. The van der Waals surface area contributed by atoms with Crippen molar-refractivity contribution in [1.82, 2.24) is 10.4 Å². The molecule has 0 bridgehead atoms. The maximum Gasteiger partial charge on any atom is 0.272 e. The number of fused-ring (bicyclic) bond motifs is 1. The van der Waals surface area contributed by atoms with Gasteiger partial charge in [0.15, 0.2) is 0 Å². The van der Waals surface area contributed by atoms with E-state index in [1.165, 1.54) is 0 Å². The highest BCUT2D eigenvalue weighted by Gasteiger charge is 2.26. The standard InChI is InChI=1S/C27H22ClN3O2/c28-21-13-9-18(10-14-21)17-33-26-8-4-1-5-20(26)16-29-31-27(32)23-15-25(19-11-12-19)30-24-7-3-2-6-22(23)24/h1-10,13-16,19H,11-12,17H2,(H,31,32)/b29-16+. The number of nitrogens with one attached hydrogen (secondary N) is 1. The van der Waals surface area contributed by atoms with Crippen molar-refractivity contribution >= 4 is 34.6 Å². The first-order valence-electron chi connectivity index (χ1n) is 10.9.